The van der Waals surface area contributed by atoms with Crippen molar-refractivity contribution in [3.63, 3.8) is 0 Å². The van der Waals surface area contributed by atoms with Crippen molar-refractivity contribution in [2.45, 2.75) is 20.0 Å². The summed E-state index contributed by atoms with van der Waals surface area (Å²) in [4.78, 5) is 32.8. The van der Waals surface area contributed by atoms with Crippen LogP contribution in [0.3, 0.4) is 0 Å². The molecular formula is C11H20KNO10. The van der Waals surface area contributed by atoms with E-state index in [9.17, 15) is 9.59 Å². The van der Waals surface area contributed by atoms with Crippen molar-refractivity contribution in [3.8, 4) is 0 Å². The van der Waals surface area contributed by atoms with Gasteiger partial charge in [0, 0.05) is 6.08 Å². The van der Waals surface area contributed by atoms with Gasteiger partial charge in [0.1, 0.15) is 0 Å². The Morgan fingerprint density at radius 3 is 2.04 bits per heavy atom. The van der Waals surface area contributed by atoms with Crippen LogP contribution in [0.4, 0.5) is 0 Å². The zero-order valence-electron chi connectivity index (χ0n) is 13.2. The van der Waals surface area contributed by atoms with Gasteiger partial charge in [-0.15, -0.1) is 5.04 Å². The van der Waals surface area contributed by atoms with E-state index in [-0.39, 0.29) is 64.0 Å². The number of ether oxygens (including phenoxy) is 2. The largest absolute Gasteiger partial charge is 1.00 e. The molecule has 0 fully saturated rings. The second-order valence-corrected chi connectivity index (χ2v) is 2.79. The van der Waals surface area contributed by atoms with Crippen molar-refractivity contribution < 1.29 is 95.8 Å². The first kappa shape index (κ1) is 30.5. The zero-order chi connectivity index (χ0) is 17.8. The third kappa shape index (κ3) is 30.1. The molecule has 0 amide bonds. The number of aliphatic hydroxyl groups excluding tert-OH is 2. The smallest absolute Gasteiger partial charge is 0.464 e. The van der Waals surface area contributed by atoms with Crippen molar-refractivity contribution in [1.29, 1.82) is 0 Å². The molecule has 12 heteroatoms. The van der Waals surface area contributed by atoms with Crippen LogP contribution in [-0.2, 0) is 29.0 Å². The standard InChI is InChI=1S/C5H10O4.C5H8O2.CH2NO4.K/c1-2-9-5(8)4(7)3-6;1-3-5(6)7-4-2;3-2-1-5-6-4;/h4,6-7H,2-3H2,1H3;3H,1,4H2,2H3;1,4H;/q;;-1;+1. The molecule has 1 atom stereocenters. The van der Waals surface area contributed by atoms with E-state index in [0.29, 0.717) is 13.3 Å². The van der Waals surface area contributed by atoms with E-state index in [1.54, 1.807) is 13.8 Å². The molecule has 0 aromatic rings. The topological polar surface area (TPSA) is 161 Å². The molecule has 130 valence electrons. The summed E-state index contributed by atoms with van der Waals surface area (Å²) in [6, 6.07) is 0. The molecule has 23 heavy (non-hydrogen) atoms. The van der Waals surface area contributed by atoms with Gasteiger partial charge in [0.05, 0.1) is 19.8 Å². The molecule has 0 bridgehead atoms. The van der Waals surface area contributed by atoms with Crippen LogP contribution in [0.1, 0.15) is 13.8 Å². The van der Waals surface area contributed by atoms with Gasteiger partial charge in [-0.2, -0.15) is 4.91 Å². The quantitative estimate of drug-likeness (QED) is 0.0588. The zero-order valence-corrected chi connectivity index (χ0v) is 16.3. The number of esters is 2. The minimum absolute atomic E-state index is 0. The van der Waals surface area contributed by atoms with Gasteiger partial charge in [0.25, 0.3) is 0 Å². The van der Waals surface area contributed by atoms with Gasteiger partial charge in [0.2, 0.25) is 0 Å². The fourth-order valence-corrected chi connectivity index (χ4v) is 0.551. The Kier molecular flexibility index (Phi) is 35.1. The summed E-state index contributed by atoms with van der Waals surface area (Å²) in [6.45, 7) is 7.04. The summed E-state index contributed by atoms with van der Waals surface area (Å²) in [6.07, 6.45) is -0.242. The normalized spacial score (nSPS) is 9.26. The monoisotopic (exact) mass is 365 g/mol. The fraction of sp³-hybridized carbons (Fsp3) is 0.545. The van der Waals surface area contributed by atoms with E-state index in [1.807, 2.05) is 5.18 Å². The van der Waals surface area contributed by atoms with Gasteiger partial charge >= 0.3 is 63.3 Å². The number of nitroso groups, excluding NO2 is 1. The third-order valence-corrected chi connectivity index (χ3v) is 1.31. The predicted octanol–water partition coefficient (Wildman–Crippen LogP) is -3.06. The van der Waals surface area contributed by atoms with Gasteiger partial charge < -0.3 is 24.6 Å². The van der Waals surface area contributed by atoms with Crippen molar-refractivity contribution in [3.05, 3.63) is 24.3 Å². The summed E-state index contributed by atoms with van der Waals surface area (Å²) in [5, 5.41) is 28.9. The molecule has 0 saturated heterocycles. The second kappa shape index (κ2) is 26.5. The first-order chi connectivity index (χ1) is 10.4. The minimum atomic E-state index is -1.38. The Hall–Kier alpha value is -0.414. The van der Waals surface area contributed by atoms with E-state index in [0.717, 1.165) is 6.08 Å². The van der Waals surface area contributed by atoms with Crippen molar-refractivity contribution in [2.24, 2.45) is 5.18 Å². The molecule has 0 aliphatic heterocycles. The van der Waals surface area contributed by atoms with E-state index in [4.69, 9.17) is 20.4 Å². The van der Waals surface area contributed by atoms with Crippen LogP contribution < -0.4 is 51.4 Å². The van der Waals surface area contributed by atoms with Crippen LogP contribution in [0.2, 0.25) is 0 Å². The molecule has 0 spiro atoms. The summed E-state index contributed by atoms with van der Waals surface area (Å²) >= 11 is 0. The number of hydrogen-bond donors (Lipinski definition) is 3. The number of carbonyl (C=O) groups is 2. The first-order valence-electron chi connectivity index (χ1n) is 5.80. The van der Waals surface area contributed by atoms with Crippen LogP contribution in [0.5, 0.6) is 0 Å². The molecule has 0 aliphatic carbocycles. The summed E-state index contributed by atoms with van der Waals surface area (Å²) < 4.78 is 8.78. The van der Waals surface area contributed by atoms with Crippen LogP contribution in [0.15, 0.2) is 17.8 Å². The Balaban J connectivity index is -0.000000118. The summed E-state index contributed by atoms with van der Waals surface area (Å²) in [5.74, 6) is -1.14. The first-order valence-corrected chi connectivity index (χ1v) is 5.80. The van der Waals surface area contributed by atoms with Crippen LogP contribution in [0, 0.1) is 11.6 Å². The maximum Gasteiger partial charge on any atom is 1.00 e. The SMILES string of the molecule is C=CC(=O)OCC.CCOC(=O)C(O)CO.O=N[CH-]OOO.[K+]. The van der Waals surface area contributed by atoms with E-state index < -0.39 is 18.7 Å². The minimum Gasteiger partial charge on any atom is -0.464 e. The molecule has 0 saturated carbocycles. The molecule has 3 N–H and O–H groups in total. The van der Waals surface area contributed by atoms with Gasteiger partial charge in [-0.3, -0.25) is 0 Å². The third-order valence-electron chi connectivity index (χ3n) is 1.31. The van der Waals surface area contributed by atoms with Gasteiger partial charge in [-0.05, 0) is 13.8 Å². The molecule has 0 aromatic heterocycles. The van der Waals surface area contributed by atoms with Crippen molar-refractivity contribution >= 4 is 11.9 Å². The number of hydrogen-bond acceptors (Lipinski definition) is 11. The fourth-order valence-electron chi connectivity index (χ4n) is 0.551. The van der Waals surface area contributed by atoms with Crippen LogP contribution in [-0.4, -0.2) is 53.3 Å². The van der Waals surface area contributed by atoms with E-state index >= 15 is 0 Å². The average Bonchev–Trinajstić information content (AvgIpc) is 2.53. The maximum absolute atomic E-state index is 10.3. The Morgan fingerprint density at radius 1 is 1.30 bits per heavy atom. The number of carbonyl (C=O) groups excluding carboxylic acids is 2. The van der Waals surface area contributed by atoms with Gasteiger partial charge in [-0.1, -0.05) is 13.3 Å². The van der Waals surface area contributed by atoms with E-state index in [2.05, 4.69) is 26.0 Å². The maximum atomic E-state index is 10.3. The molecule has 0 aliphatic rings. The number of nitrogens with zero attached hydrogens (tertiary/aromatic N) is 1. The van der Waals surface area contributed by atoms with E-state index in [1.165, 1.54) is 0 Å². The Labute approximate surface area is 175 Å². The van der Waals surface area contributed by atoms with Gasteiger partial charge in [-0.25, -0.2) is 20.0 Å². The Bertz CT molecular complexity index is 303. The Morgan fingerprint density at radius 2 is 1.83 bits per heavy atom. The number of rotatable bonds is 8. The summed E-state index contributed by atoms with van der Waals surface area (Å²) in [5.41, 5.74) is 0. The molecule has 11 nitrogen and oxygen atoms in total. The van der Waals surface area contributed by atoms with Crippen molar-refractivity contribution in [1.82, 2.24) is 0 Å². The molecule has 0 radical (unpaired) electrons. The van der Waals surface area contributed by atoms with Crippen LogP contribution in [0.25, 0.3) is 0 Å². The molecule has 0 heterocycles. The number of aliphatic hydroxyl groups is 2. The van der Waals surface area contributed by atoms with Crippen molar-refractivity contribution in [2.75, 3.05) is 19.8 Å². The van der Waals surface area contributed by atoms with Gasteiger partial charge in [0.15, 0.2) is 6.10 Å². The predicted molar refractivity (Wildman–Crippen MR) is 71.4 cm³/mol. The summed E-state index contributed by atoms with van der Waals surface area (Å²) in [7, 11) is 0. The molecule has 0 rings (SSSR count). The van der Waals surface area contributed by atoms with Crippen LogP contribution >= 0.6 is 0 Å². The average molecular weight is 365 g/mol. The molecular weight excluding hydrogens is 345 g/mol. The molecule has 0 aromatic carbocycles. The second-order valence-electron chi connectivity index (χ2n) is 2.79. The molecule has 1 unspecified atom stereocenters.